The molecule has 0 radical (unpaired) electrons. The highest BCUT2D eigenvalue weighted by atomic mass is 16.5. The maximum Gasteiger partial charge on any atom is 0.357 e. The SMILES string of the molecule is O=c1cc(C2CCCCC2)[nH]o1. The summed E-state index contributed by atoms with van der Waals surface area (Å²) in [5.41, 5.74) is 0.732. The van der Waals surface area contributed by atoms with E-state index in [9.17, 15) is 4.79 Å². The minimum atomic E-state index is -0.254. The molecule has 0 amide bonds. The van der Waals surface area contributed by atoms with Crippen LogP contribution in [0.5, 0.6) is 0 Å². The van der Waals surface area contributed by atoms with Gasteiger partial charge in [0.1, 0.15) is 0 Å². The van der Waals surface area contributed by atoms with Crippen molar-refractivity contribution >= 4 is 0 Å². The molecule has 1 N–H and O–H groups in total. The first-order chi connectivity index (χ1) is 5.86. The molecule has 1 aliphatic carbocycles. The summed E-state index contributed by atoms with van der Waals surface area (Å²) in [7, 11) is 0. The molecule has 1 aromatic rings. The van der Waals surface area contributed by atoms with Crippen molar-refractivity contribution in [2.24, 2.45) is 0 Å². The second-order valence-corrected chi connectivity index (χ2v) is 3.46. The van der Waals surface area contributed by atoms with Gasteiger partial charge >= 0.3 is 5.63 Å². The number of aromatic amines is 1. The Kier molecular flexibility index (Phi) is 2.02. The van der Waals surface area contributed by atoms with Crippen molar-refractivity contribution in [3.8, 4) is 0 Å². The van der Waals surface area contributed by atoms with Crippen LogP contribution in [-0.2, 0) is 0 Å². The van der Waals surface area contributed by atoms with Crippen LogP contribution in [0.1, 0.15) is 43.7 Å². The highest BCUT2D eigenvalue weighted by Gasteiger charge is 2.17. The second kappa shape index (κ2) is 3.17. The van der Waals surface area contributed by atoms with E-state index in [0.29, 0.717) is 5.92 Å². The van der Waals surface area contributed by atoms with Gasteiger partial charge in [0, 0.05) is 12.0 Å². The Morgan fingerprint density at radius 3 is 2.67 bits per heavy atom. The molecule has 1 saturated carbocycles. The van der Waals surface area contributed by atoms with Crippen molar-refractivity contribution in [1.29, 1.82) is 0 Å². The summed E-state index contributed by atoms with van der Waals surface area (Å²) in [6, 6.07) is 1.58. The van der Waals surface area contributed by atoms with Crippen molar-refractivity contribution in [2.75, 3.05) is 0 Å². The molecule has 1 aromatic heterocycles. The number of aromatic nitrogens is 1. The second-order valence-electron chi connectivity index (χ2n) is 3.46. The largest absolute Gasteiger partial charge is 0.357 e. The molecular formula is C9H13NO2. The van der Waals surface area contributed by atoms with E-state index in [4.69, 9.17) is 0 Å². The zero-order chi connectivity index (χ0) is 8.39. The van der Waals surface area contributed by atoms with Crippen LogP contribution in [0, 0.1) is 0 Å². The smallest absolute Gasteiger partial charge is 0.339 e. The third-order valence-corrected chi connectivity index (χ3v) is 2.59. The highest BCUT2D eigenvalue weighted by molar-refractivity contribution is 5.04. The van der Waals surface area contributed by atoms with Gasteiger partial charge in [-0.3, -0.25) is 0 Å². The fraction of sp³-hybridized carbons (Fsp3) is 0.667. The van der Waals surface area contributed by atoms with Gasteiger partial charge in [-0.25, -0.2) is 9.95 Å². The zero-order valence-electron chi connectivity index (χ0n) is 7.01. The molecule has 0 saturated heterocycles. The van der Waals surface area contributed by atoms with Gasteiger partial charge in [-0.2, -0.15) is 0 Å². The van der Waals surface area contributed by atoms with Crippen molar-refractivity contribution in [3.63, 3.8) is 0 Å². The normalized spacial score (nSPS) is 19.7. The number of rotatable bonds is 1. The Hall–Kier alpha value is -0.990. The Morgan fingerprint density at radius 2 is 2.08 bits per heavy atom. The summed E-state index contributed by atoms with van der Waals surface area (Å²) < 4.78 is 4.64. The topological polar surface area (TPSA) is 46.0 Å². The Labute approximate surface area is 70.7 Å². The molecule has 1 fully saturated rings. The fourth-order valence-corrected chi connectivity index (χ4v) is 1.91. The molecule has 3 nitrogen and oxygen atoms in total. The van der Waals surface area contributed by atoms with Crippen LogP contribution >= 0.6 is 0 Å². The predicted octanol–water partition coefficient (Wildman–Crippen LogP) is 2.02. The summed E-state index contributed by atoms with van der Waals surface area (Å²) in [4.78, 5) is 10.7. The van der Waals surface area contributed by atoms with E-state index in [1.165, 1.54) is 32.1 Å². The molecule has 0 spiro atoms. The molecule has 0 aromatic carbocycles. The van der Waals surface area contributed by atoms with Gasteiger partial charge in [0.2, 0.25) is 0 Å². The van der Waals surface area contributed by atoms with Crippen LogP contribution in [0.4, 0.5) is 0 Å². The van der Waals surface area contributed by atoms with Crippen LogP contribution in [-0.4, -0.2) is 5.16 Å². The highest BCUT2D eigenvalue weighted by Crippen LogP contribution is 2.30. The lowest BCUT2D eigenvalue weighted by Crippen LogP contribution is -2.04. The summed E-state index contributed by atoms with van der Waals surface area (Å²) in [6.45, 7) is 0. The molecule has 12 heavy (non-hydrogen) atoms. The van der Waals surface area contributed by atoms with Crippen molar-refractivity contribution in [1.82, 2.24) is 5.16 Å². The molecule has 66 valence electrons. The molecular weight excluding hydrogens is 154 g/mol. The van der Waals surface area contributed by atoms with E-state index in [-0.39, 0.29) is 5.63 Å². The average Bonchev–Trinajstić information content (AvgIpc) is 2.54. The van der Waals surface area contributed by atoms with Crippen molar-refractivity contribution in [2.45, 2.75) is 38.0 Å². The number of hydrogen-bond acceptors (Lipinski definition) is 2. The van der Waals surface area contributed by atoms with Gasteiger partial charge in [-0.05, 0) is 12.8 Å². The van der Waals surface area contributed by atoms with E-state index >= 15 is 0 Å². The lowest BCUT2D eigenvalue weighted by atomic mass is 9.87. The average molecular weight is 167 g/mol. The van der Waals surface area contributed by atoms with Crippen LogP contribution in [0.3, 0.4) is 0 Å². The first kappa shape index (κ1) is 7.65. The maximum atomic E-state index is 10.7. The summed E-state index contributed by atoms with van der Waals surface area (Å²) in [6.07, 6.45) is 6.26. The van der Waals surface area contributed by atoms with Crippen LogP contribution in [0.15, 0.2) is 15.4 Å². The number of H-pyrrole nitrogens is 1. The van der Waals surface area contributed by atoms with Gasteiger partial charge in [-0.15, -0.1) is 0 Å². The van der Waals surface area contributed by atoms with Crippen LogP contribution < -0.4 is 5.63 Å². The van der Waals surface area contributed by atoms with E-state index < -0.39 is 0 Å². The summed E-state index contributed by atoms with van der Waals surface area (Å²) in [5.74, 6) is 0.533. The van der Waals surface area contributed by atoms with E-state index in [0.717, 1.165) is 5.69 Å². The number of hydrogen-bond donors (Lipinski definition) is 1. The van der Waals surface area contributed by atoms with Crippen LogP contribution in [0.2, 0.25) is 0 Å². The first-order valence-electron chi connectivity index (χ1n) is 4.54. The molecule has 1 aliphatic rings. The summed E-state index contributed by atoms with van der Waals surface area (Å²) >= 11 is 0. The van der Waals surface area contributed by atoms with E-state index in [2.05, 4.69) is 9.68 Å². The van der Waals surface area contributed by atoms with E-state index in [1.807, 2.05) is 0 Å². The predicted molar refractivity (Wildman–Crippen MR) is 45.2 cm³/mol. The minimum Gasteiger partial charge on any atom is -0.339 e. The third kappa shape index (κ3) is 1.44. The Morgan fingerprint density at radius 1 is 1.33 bits per heavy atom. The molecule has 2 rings (SSSR count). The molecule has 0 bridgehead atoms. The first-order valence-corrected chi connectivity index (χ1v) is 4.54. The lowest BCUT2D eigenvalue weighted by Gasteiger charge is -2.19. The molecule has 3 heteroatoms. The van der Waals surface area contributed by atoms with Crippen LogP contribution in [0.25, 0.3) is 0 Å². The molecule has 0 unspecified atom stereocenters. The fourth-order valence-electron chi connectivity index (χ4n) is 1.91. The lowest BCUT2D eigenvalue weighted by molar-refractivity contribution is 0.363. The Balaban J connectivity index is 2.13. The quantitative estimate of drug-likeness (QED) is 0.695. The van der Waals surface area contributed by atoms with Gasteiger partial charge in [0.15, 0.2) is 0 Å². The number of nitrogens with one attached hydrogen (secondary N) is 1. The summed E-state index contributed by atoms with van der Waals surface area (Å²) in [5, 5.41) is 2.69. The zero-order valence-corrected chi connectivity index (χ0v) is 7.01. The molecule has 1 heterocycles. The maximum absolute atomic E-state index is 10.7. The Bertz CT molecular complexity index is 293. The minimum absolute atomic E-state index is 0.254. The van der Waals surface area contributed by atoms with Gasteiger partial charge in [0.25, 0.3) is 0 Å². The van der Waals surface area contributed by atoms with Crippen molar-refractivity contribution in [3.05, 3.63) is 22.2 Å². The monoisotopic (exact) mass is 167 g/mol. The molecule has 0 aliphatic heterocycles. The standard InChI is InChI=1S/C9H13NO2/c11-9-6-8(10-12-9)7-4-2-1-3-5-7/h6-7,10H,1-5H2. The van der Waals surface area contributed by atoms with Gasteiger partial charge in [-0.1, -0.05) is 19.3 Å². The van der Waals surface area contributed by atoms with E-state index in [1.54, 1.807) is 6.07 Å². The molecule has 0 atom stereocenters. The third-order valence-electron chi connectivity index (χ3n) is 2.59. The van der Waals surface area contributed by atoms with Crippen molar-refractivity contribution < 1.29 is 4.52 Å². The van der Waals surface area contributed by atoms with Gasteiger partial charge < -0.3 is 4.52 Å². The van der Waals surface area contributed by atoms with Gasteiger partial charge in [0.05, 0.1) is 5.69 Å².